The summed E-state index contributed by atoms with van der Waals surface area (Å²) in [6.45, 7) is 6.90. The van der Waals surface area contributed by atoms with Crippen LogP contribution < -0.4 is 19.1 Å². The van der Waals surface area contributed by atoms with E-state index in [0.29, 0.717) is 11.5 Å². The summed E-state index contributed by atoms with van der Waals surface area (Å²) in [4.78, 5) is 27.7. The van der Waals surface area contributed by atoms with Gasteiger partial charge >= 0.3 is 0 Å². The van der Waals surface area contributed by atoms with Crippen molar-refractivity contribution >= 4 is 27.5 Å². The third-order valence-corrected chi connectivity index (χ3v) is 6.51. The minimum Gasteiger partial charge on any atom is -0.493 e. The number of hydrogen-bond donors (Lipinski definition) is 1. The zero-order valence-electron chi connectivity index (χ0n) is 21.4. The highest BCUT2D eigenvalue weighted by atomic mass is 32.2. The van der Waals surface area contributed by atoms with E-state index < -0.39 is 28.5 Å². The monoisotopic (exact) mass is 505 g/mol. The van der Waals surface area contributed by atoms with Gasteiger partial charge in [-0.2, -0.15) is 0 Å². The average molecular weight is 506 g/mol. The van der Waals surface area contributed by atoms with E-state index in [2.05, 4.69) is 5.32 Å². The molecule has 0 aliphatic carbocycles. The van der Waals surface area contributed by atoms with Crippen LogP contribution in [0.3, 0.4) is 0 Å². The van der Waals surface area contributed by atoms with Crippen LogP contribution in [-0.4, -0.2) is 64.2 Å². The number of ether oxygens (including phenoxy) is 2. The smallest absolute Gasteiger partial charge is 0.244 e. The minimum atomic E-state index is -3.85. The summed E-state index contributed by atoms with van der Waals surface area (Å²) in [6, 6.07) is 11.3. The van der Waals surface area contributed by atoms with Crippen molar-refractivity contribution < 1.29 is 27.5 Å². The van der Waals surface area contributed by atoms with Crippen LogP contribution in [0.2, 0.25) is 0 Å². The van der Waals surface area contributed by atoms with Gasteiger partial charge in [-0.25, -0.2) is 8.42 Å². The van der Waals surface area contributed by atoms with Crippen molar-refractivity contribution in [2.45, 2.75) is 46.3 Å². The van der Waals surface area contributed by atoms with E-state index in [1.54, 1.807) is 13.0 Å². The molecule has 10 heteroatoms. The first-order chi connectivity index (χ1) is 16.4. The quantitative estimate of drug-likeness (QED) is 0.504. The van der Waals surface area contributed by atoms with Gasteiger partial charge in [0.2, 0.25) is 21.8 Å². The molecule has 0 aliphatic rings. The number of nitrogens with zero attached hydrogens (tertiary/aromatic N) is 2. The van der Waals surface area contributed by atoms with Crippen LogP contribution in [0, 0.1) is 6.92 Å². The van der Waals surface area contributed by atoms with E-state index in [1.807, 2.05) is 45.0 Å². The maximum absolute atomic E-state index is 13.6. The van der Waals surface area contributed by atoms with E-state index in [-0.39, 0.29) is 24.2 Å². The molecule has 0 spiro atoms. The Morgan fingerprint density at radius 1 is 1.00 bits per heavy atom. The fraction of sp³-hybridized carbons (Fsp3) is 0.440. The Morgan fingerprint density at radius 3 is 2.20 bits per heavy atom. The van der Waals surface area contributed by atoms with Crippen molar-refractivity contribution in [3.8, 4) is 11.5 Å². The molecule has 0 saturated carbocycles. The van der Waals surface area contributed by atoms with Gasteiger partial charge in [0.25, 0.3) is 0 Å². The third kappa shape index (κ3) is 7.61. The highest BCUT2D eigenvalue weighted by Crippen LogP contribution is 2.32. The molecule has 192 valence electrons. The summed E-state index contributed by atoms with van der Waals surface area (Å²) in [6.07, 6.45) is 1.02. The van der Waals surface area contributed by atoms with Gasteiger partial charge < -0.3 is 19.7 Å². The molecular weight excluding hydrogens is 470 g/mol. The summed E-state index contributed by atoms with van der Waals surface area (Å²) >= 11 is 0. The number of aryl methyl sites for hydroxylation is 1. The third-order valence-electron chi connectivity index (χ3n) is 5.37. The van der Waals surface area contributed by atoms with E-state index in [1.165, 1.54) is 31.3 Å². The van der Waals surface area contributed by atoms with Gasteiger partial charge in [-0.1, -0.05) is 29.8 Å². The van der Waals surface area contributed by atoms with Crippen molar-refractivity contribution in [2.75, 3.05) is 31.3 Å². The van der Waals surface area contributed by atoms with Crippen LogP contribution in [-0.2, 0) is 26.2 Å². The lowest BCUT2D eigenvalue weighted by molar-refractivity contribution is -0.139. The lowest BCUT2D eigenvalue weighted by Crippen LogP contribution is -2.52. The fourth-order valence-electron chi connectivity index (χ4n) is 3.59. The first-order valence-corrected chi connectivity index (χ1v) is 13.1. The van der Waals surface area contributed by atoms with Crippen LogP contribution >= 0.6 is 0 Å². The molecule has 35 heavy (non-hydrogen) atoms. The number of carbonyl (C=O) groups is 2. The Kier molecular flexibility index (Phi) is 9.53. The highest BCUT2D eigenvalue weighted by molar-refractivity contribution is 7.92. The summed E-state index contributed by atoms with van der Waals surface area (Å²) in [5, 5.41) is 2.82. The normalized spacial score (nSPS) is 12.1. The second kappa shape index (κ2) is 11.9. The van der Waals surface area contributed by atoms with Gasteiger partial charge in [-0.15, -0.1) is 0 Å². The van der Waals surface area contributed by atoms with Crippen LogP contribution in [0.5, 0.6) is 11.5 Å². The maximum atomic E-state index is 13.6. The molecule has 0 fully saturated rings. The van der Waals surface area contributed by atoms with Crippen molar-refractivity contribution in [3.05, 3.63) is 53.6 Å². The molecule has 0 unspecified atom stereocenters. The standard InChI is InChI=1S/C25H35N3O6S/c1-17(2)26-25(30)19(4)27(15-20-10-8-9-18(3)13-20)24(29)16-28(35(7,31)32)21-11-12-22(33-5)23(14-21)34-6/h8-14,17,19H,15-16H2,1-7H3,(H,26,30)/t19-/m1/s1. The molecule has 1 atom stereocenters. The Labute approximate surface area is 208 Å². The largest absolute Gasteiger partial charge is 0.493 e. The average Bonchev–Trinajstić information content (AvgIpc) is 2.78. The number of carbonyl (C=O) groups excluding carboxylic acids is 2. The van der Waals surface area contributed by atoms with E-state index >= 15 is 0 Å². The van der Waals surface area contributed by atoms with Gasteiger partial charge in [0, 0.05) is 18.7 Å². The summed E-state index contributed by atoms with van der Waals surface area (Å²) in [5.41, 5.74) is 2.09. The van der Waals surface area contributed by atoms with Crippen LogP contribution in [0.1, 0.15) is 31.9 Å². The lowest BCUT2D eigenvalue weighted by atomic mass is 10.1. The first-order valence-electron chi connectivity index (χ1n) is 11.2. The molecule has 0 aliphatic heterocycles. The molecule has 2 aromatic rings. The van der Waals surface area contributed by atoms with Gasteiger partial charge in [-0.05, 0) is 45.4 Å². The molecule has 0 radical (unpaired) electrons. The predicted octanol–water partition coefficient (Wildman–Crippen LogP) is 2.72. The minimum absolute atomic E-state index is 0.111. The molecule has 1 N–H and O–H groups in total. The number of methoxy groups -OCH3 is 2. The number of nitrogens with one attached hydrogen (secondary N) is 1. The first kappa shape index (κ1) is 28.0. The van der Waals surface area contributed by atoms with Crippen molar-refractivity contribution in [2.24, 2.45) is 0 Å². The second-order valence-corrected chi connectivity index (χ2v) is 10.6. The number of hydrogen-bond acceptors (Lipinski definition) is 6. The van der Waals surface area contributed by atoms with E-state index in [9.17, 15) is 18.0 Å². The zero-order valence-corrected chi connectivity index (χ0v) is 22.2. The molecule has 2 rings (SSSR count). The van der Waals surface area contributed by atoms with Crippen molar-refractivity contribution in [3.63, 3.8) is 0 Å². The van der Waals surface area contributed by atoms with Gasteiger partial charge in [0.15, 0.2) is 11.5 Å². The van der Waals surface area contributed by atoms with Gasteiger partial charge in [-0.3, -0.25) is 13.9 Å². The topological polar surface area (TPSA) is 105 Å². The SMILES string of the molecule is COc1ccc(N(CC(=O)N(Cc2cccc(C)c2)[C@H](C)C(=O)NC(C)C)S(C)(=O)=O)cc1OC. The van der Waals surface area contributed by atoms with Crippen LogP contribution in [0.4, 0.5) is 5.69 Å². The molecular formula is C25H35N3O6S. The van der Waals surface area contributed by atoms with E-state index in [0.717, 1.165) is 21.7 Å². The molecule has 0 heterocycles. The van der Waals surface area contributed by atoms with Crippen LogP contribution in [0.15, 0.2) is 42.5 Å². The molecule has 0 saturated heterocycles. The number of sulfonamides is 1. The Morgan fingerprint density at radius 2 is 1.66 bits per heavy atom. The Balaban J connectivity index is 2.44. The number of benzene rings is 2. The summed E-state index contributed by atoms with van der Waals surface area (Å²) < 4.78 is 36.9. The Hall–Kier alpha value is -3.27. The molecule has 9 nitrogen and oxygen atoms in total. The van der Waals surface area contributed by atoms with E-state index in [4.69, 9.17) is 9.47 Å². The molecule has 0 bridgehead atoms. The zero-order chi connectivity index (χ0) is 26.3. The summed E-state index contributed by atoms with van der Waals surface area (Å²) in [7, 11) is -0.932. The molecule has 2 amide bonds. The lowest BCUT2D eigenvalue weighted by Gasteiger charge is -2.32. The number of amides is 2. The number of anilines is 1. The predicted molar refractivity (Wildman–Crippen MR) is 136 cm³/mol. The van der Waals surface area contributed by atoms with Gasteiger partial charge in [0.1, 0.15) is 12.6 Å². The van der Waals surface area contributed by atoms with Crippen molar-refractivity contribution in [1.29, 1.82) is 0 Å². The van der Waals surface area contributed by atoms with Crippen molar-refractivity contribution in [1.82, 2.24) is 10.2 Å². The van der Waals surface area contributed by atoms with Gasteiger partial charge in [0.05, 0.1) is 26.2 Å². The second-order valence-electron chi connectivity index (χ2n) is 8.66. The maximum Gasteiger partial charge on any atom is 0.244 e. The van der Waals surface area contributed by atoms with Crippen LogP contribution in [0.25, 0.3) is 0 Å². The summed E-state index contributed by atoms with van der Waals surface area (Å²) in [5.74, 6) is -0.0837. The molecule has 0 aromatic heterocycles. The molecule has 2 aromatic carbocycles. The number of rotatable bonds is 11. The Bertz CT molecular complexity index is 1150. The fourth-order valence-corrected chi connectivity index (χ4v) is 4.43. The highest BCUT2D eigenvalue weighted by Gasteiger charge is 2.30.